The Balaban J connectivity index is 2.68. The minimum Gasteiger partial charge on any atom is -0.477 e. The van der Waals surface area contributed by atoms with Crippen LogP contribution in [0.25, 0.3) is 0 Å². The van der Waals surface area contributed by atoms with Crippen LogP contribution in [0.3, 0.4) is 0 Å². The Morgan fingerprint density at radius 3 is 2.88 bits per heavy atom. The van der Waals surface area contributed by atoms with Crippen molar-refractivity contribution in [2.75, 3.05) is 12.3 Å². The van der Waals surface area contributed by atoms with E-state index >= 15 is 0 Å². The Bertz CT molecular complexity index is 396. The summed E-state index contributed by atoms with van der Waals surface area (Å²) < 4.78 is 5.40. The Kier molecular flexibility index (Phi) is 4.68. The van der Waals surface area contributed by atoms with E-state index in [4.69, 9.17) is 10.5 Å². The lowest BCUT2D eigenvalue weighted by Crippen LogP contribution is -2.09. The Hall–Kier alpha value is -1.85. The molecule has 1 rings (SSSR count). The zero-order valence-corrected chi connectivity index (χ0v) is 10.0. The fourth-order valence-corrected chi connectivity index (χ4v) is 1.49. The third-order valence-electron chi connectivity index (χ3n) is 2.31. The molecule has 0 aliphatic rings. The van der Waals surface area contributed by atoms with Crippen molar-refractivity contribution in [3.8, 4) is 5.88 Å². The lowest BCUT2D eigenvalue weighted by Gasteiger charge is -2.11. The van der Waals surface area contributed by atoms with Gasteiger partial charge in [0.05, 0.1) is 23.7 Å². The predicted octanol–water partition coefficient (Wildman–Crippen LogP) is 2.39. The van der Waals surface area contributed by atoms with Crippen molar-refractivity contribution < 1.29 is 9.66 Å². The highest BCUT2D eigenvalue weighted by Gasteiger charge is 2.11. The van der Waals surface area contributed by atoms with E-state index in [0.29, 0.717) is 12.5 Å². The first-order chi connectivity index (χ1) is 8.02. The first kappa shape index (κ1) is 13.2. The molecule has 1 aromatic rings. The molecule has 0 spiro atoms. The van der Waals surface area contributed by atoms with Gasteiger partial charge >= 0.3 is 0 Å². The highest BCUT2D eigenvalue weighted by molar-refractivity contribution is 5.45. The smallest absolute Gasteiger partial charge is 0.278 e. The van der Waals surface area contributed by atoms with Crippen LogP contribution in [-0.2, 0) is 0 Å². The minimum atomic E-state index is -0.514. The number of rotatable bonds is 6. The maximum atomic E-state index is 10.6. The minimum absolute atomic E-state index is 0.0948. The molecular formula is C11H17N3O3. The molecule has 0 radical (unpaired) electrons. The fourth-order valence-electron chi connectivity index (χ4n) is 1.49. The van der Waals surface area contributed by atoms with E-state index in [0.717, 1.165) is 12.8 Å². The molecule has 2 N–H and O–H groups in total. The second kappa shape index (κ2) is 6.03. The number of nitrogens with two attached hydrogens (primary N) is 1. The summed E-state index contributed by atoms with van der Waals surface area (Å²) in [5.41, 5.74) is 5.37. The van der Waals surface area contributed by atoms with E-state index in [9.17, 15) is 10.1 Å². The summed E-state index contributed by atoms with van der Waals surface area (Å²) in [7, 11) is 0. The molecule has 1 atom stereocenters. The van der Waals surface area contributed by atoms with Crippen LogP contribution in [0, 0.1) is 16.0 Å². The number of hydrogen-bond donors (Lipinski definition) is 1. The third-order valence-corrected chi connectivity index (χ3v) is 2.31. The highest BCUT2D eigenvalue weighted by atomic mass is 16.6. The van der Waals surface area contributed by atoms with Crippen molar-refractivity contribution in [3.05, 3.63) is 22.2 Å². The number of pyridine rings is 1. The highest BCUT2D eigenvalue weighted by Crippen LogP contribution is 2.21. The lowest BCUT2D eigenvalue weighted by molar-refractivity contribution is -0.384. The summed E-state index contributed by atoms with van der Waals surface area (Å²) in [6.07, 6.45) is 2.12. The van der Waals surface area contributed by atoms with E-state index < -0.39 is 4.92 Å². The average Bonchev–Trinajstić information content (AvgIpc) is 2.26. The molecule has 1 aromatic heterocycles. The number of hydrogen-bond acceptors (Lipinski definition) is 5. The van der Waals surface area contributed by atoms with Crippen LogP contribution in [0.15, 0.2) is 12.1 Å². The van der Waals surface area contributed by atoms with Crippen LogP contribution < -0.4 is 10.5 Å². The molecule has 94 valence electrons. The van der Waals surface area contributed by atoms with E-state index in [2.05, 4.69) is 18.8 Å². The molecule has 0 aromatic carbocycles. The van der Waals surface area contributed by atoms with Gasteiger partial charge in [-0.1, -0.05) is 20.3 Å². The molecule has 0 aliphatic heterocycles. The first-order valence-corrected chi connectivity index (χ1v) is 5.57. The van der Waals surface area contributed by atoms with Gasteiger partial charge in [-0.25, -0.2) is 0 Å². The number of aromatic nitrogens is 1. The van der Waals surface area contributed by atoms with Crippen molar-refractivity contribution >= 4 is 11.5 Å². The SMILES string of the molecule is CCCC(C)COc1cc([N+](=O)[O-])cc(N)n1. The van der Waals surface area contributed by atoms with E-state index in [1.54, 1.807) is 0 Å². The molecule has 0 aliphatic carbocycles. The second-order valence-electron chi connectivity index (χ2n) is 4.05. The van der Waals surface area contributed by atoms with Crippen molar-refractivity contribution in [1.82, 2.24) is 4.98 Å². The van der Waals surface area contributed by atoms with E-state index in [1.807, 2.05) is 0 Å². The maximum Gasteiger partial charge on any atom is 0.278 e. The van der Waals surface area contributed by atoms with Gasteiger partial charge in [0.1, 0.15) is 5.82 Å². The van der Waals surface area contributed by atoms with Crippen LogP contribution in [0.4, 0.5) is 11.5 Å². The van der Waals surface area contributed by atoms with Crippen molar-refractivity contribution in [2.24, 2.45) is 5.92 Å². The Morgan fingerprint density at radius 1 is 1.59 bits per heavy atom. The van der Waals surface area contributed by atoms with Crippen LogP contribution in [-0.4, -0.2) is 16.5 Å². The van der Waals surface area contributed by atoms with Gasteiger partial charge in [0.25, 0.3) is 5.69 Å². The van der Waals surface area contributed by atoms with Crippen LogP contribution in [0.5, 0.6) is 5.88 Å². The largest absolute Gasteiger partial charge is 0.477 e. The van der Waals surface area contributed by atoms with Gasteiger partial charge < -0.3 is 10.5 Å². The van der Waals surface area contributed by atoms with Crippen LogP contribution in [0.2, 0.25) is 0 Å². The standard InChI is InChI=1S/C11H17N3O3/c1-3-4-8(2)7-17-11-6-9(14(15)16)5-10(12)13-11/h5-6,8H,3-4,7H2,1-2H3,(H2,12,13). The fraction of sp³-hybridized carbons (Fsp3) is 0.545. The molecule has 6 heteroatoms. The molecular weight excluding hydrogens is 222 g/mol. The van der Waals surface area contributed by atoms with Gasteiger partial charge in [0.15, 0.2) is 0 Å². The van der Waals surface area contributed by atoms with Crippen LogP contribution in [0.1, 0.15) is 26.7 Å². The van der Waals surface area contributed by atoms with Gasteiger partial charge in [-0.2, -0.15) is 4.98 Å². The molecule has 0 saturated carbocycles. The predicted molar refractivity (Wildman–Crippen MR) is 64.9 cm³/mol. The average molecular weight is 239 g/mol. The Morgan fingerprint density at radius 2 is 2.29 bits per heavy atom. The molecule has 0 saturated heterocycles. The number of nitro groups is 1. The number of nitrogens with zero attached hydrogens (tertiary/aromatic N) is 2. The molecule has 0 bridgehead atoms. The van der Waals surface area contributed by atoms with Crippen molar-refractivity contribution in [3.63, 3.8) is 0 Å². The number of nitrogen functional groups attached to an aromatic ring is 1. The summed E-state index contributed by atoms with van der Waals surface area (Å²) in [5, 5.41) is 10.6. The monoisotopic (exact) mass is 239 g/mol. The lowest BCUT2D eigenvalue weighted by atomic mass is 10.1. The molecule has 1 unspecified atom stereocenters. The van der Waals surface area contributed by atoms with Crippen LogP contribution >= 0.6 is 0 Å². The van der Waals surface area contributed by atoms with Gasteiger partial charge in [0.2, 0.25) is 5.88 Å². The van der Waals surface area contributed by atoms with E-state index in [1.165, 1.54) is 12.1 Å². The zero-order chi connectivity index (χ0) is 12.8. The molecule has 0 fully saturated rings. The molecule has 0 amide bonds. The summed E-state index contributed by atoms with van der Waals surface area (Å²) in [6.45, 7) is 4.64. The summed E-state index contributed by atoms with van der Waals surface area (Å²) in [4.78, 5) is 14.0. The zero-order valence-electron chi connectivity index (χ0n) is 10.0. The maximum absolute atomic E-state index is 10.6. The molecule has 17 heavy (non-hydrogen) atoms. The number of anilines is 1. The number of ether oxygens (including phenoxy) is 1. The first-order valence-electron chi connectivity index (χ1n) is 5.57. The summed E-state index contributed by atoms with van der Waals surface area (Å²) in [5.74, 6) is 0.694. The van der Waals surface area contributed by atoms with Gasteiger partial charge in [0, 0.05) is 0 Å². The van der Waals surface area contributed by atoms with Crippen molar-refractivity contribution in [2.45, 2.75) is 26.7 Å². The Labute approximate surface area is 99.9 Å². The molecule has 6 nitrogen and oxygen atoms in total. The van der Waals surface area contributed by atoms with Crippen molar-refractivity contribution in [1.29, 1.82) is 0 Å². The van der Waals surface area contributed by atoms with Gasteiger partial charge in [-0.15, -0.1) is 0 Å². The second-order valence-corrected chi connectivity index (χ2v) is 4.05. The van der Waals surface area contributed by atoms with E-state index in [-0.39, 0.29) is 17.4 Å². The normalized spacial score (nSPS) is 12.1. The summed E-state index contributed by atoms with van der Waals surface area (Å²) >= 11 is 0. The van der Waals surface area contributed by atoms with Gasteiger partial charge in [-0.05, 0) is 12.3 Å². The van der Waals surface area contributed by atoms with Gasteiger partial charge in [-0.3, -0.25) is 10.1 Å². The molecule has 1 heterocycles. The third kappa shape index (κ3) is 4.26. The summed E-state index contributed by atoms with van der Waals surface area (Å²) in [6, 6.07) is 2.50. The topological polar surface area (TPSA) is 91.3 Å². The quantitative estimate of drug-likeness (QED) is 0.607.